The number of nitrogens with zero attached hydrogens (tertiary/aromatic N) is 4. The van der Waals surface area contributed by atoms with Crippen LogP contribution in [0.15, 0.2) is 58.1 Å². The molecule has 15 heteroatoms. The van der Waals surface area contributed by atoms with Crippen molar-refractivity contribution >= 4 is 33.7 Å². The summed E-state index contributed by atoms with van der Waals surface area (Å²) >= 11 is 0. The van der Waals surface area contributed by atoms with E-state index in [-0.39, 0.29) is 60.2 Å². The molecule has 15 nitrogen and oxygen atoms in total. The van der Waals surface area contributed by atoms with Crippen molar-refractivity contribution in [3.05, 3.63) is 114 Å². The molecule has 0 bridgehead atoms. The van der Waals surface area contributed by atoms with Gasteiger partial charge in [-0.2, -0.15) is 0 Å². The largest absolute Gasteiger partial charge is 0.508 e. The lowest BCUT2D eigenvalue weighted by atomic mass is 9.86. The fourth-order valence-corrected chi connectivity index (χ4v) is 9.27. The maximum atomic E-state index is 13.4. The number of fused-ring (bicyclic) bond motifs is 9. The number of carbonyl (C=O) groups is 2. The van der Waals surface area contributed by atoms with Crippen molar-refractivity contribution in [1.82, 2.24) is 24.4 Å². The number of aromatic nitrogens is 4. The number of hydrogen-bond acceptors (Lipinski definition) is 12. The van der Waals surface area contributed by atoms with Gasteiger partial charge in [0.05, 0.1) is 59.1 Å². The molecular weight excluding hydrogens is 795 g/mol. The summed E-state index contributed by atoms with van der Waals surface area (Å²) in [4.78, 5) is 61.4. The molecule has 0 saturated carbocycles. The number of nitrogens with one attached hydrogen (secondary N) is 1. The third-order valence-corrected chi connectivity index (χ3v) is 12.6. The second kappa shape index (κ2) is 15.5. The lowest BCUT2D eigenvalue weighted by Crippen LogP contribution is -2.48. The Balaban J connectivity index is 0.000000172. The summed E-state index contributed by atoms with van der Waals surface area (Å²) in [6.07, 6.45) is 1.52. The predicted molar refractivity (Wildman–Crippen MR) is 231 cm³/mol. The molecule has 6 N–H and O–H groups in total. The predicted octanol–water partition coefficient (Wildman–Crippen LogP) is 4.66. The summed E-state index contributed by atoms with van der Waals surface area (Å²) in [6.45, 7) is 10.8. The maximum Gasteiger partial charge on any atom is 0.343 e. The van der Waals surface area contributed by atoms with Crippen LogP contribution in [0.1, 0.15) is 98.9 Å². The van der Waals surface area contributed by atoms with E-state index in [2.05, 4.69) is 5.32 Å². The number of hydrogen-bond donors (Lipinski definition) is 6. The van der Waals surface area contributed by atoms with Crippen molar-refractivity contribution in [2.45, 2.75) is 111 Å². The minimum Gasteiger partial charge on any atom is -0.508 e. The Bertz CT molecular complexity index is 3010. The van der Waals surface area contributed by atoms with Gasteiger partial charge < -0.3 is 44.7 Å². The van der Waals surface area contributed by atoms with E-state index in [4.69, 9.17) is 14.7 Å². The second-order valence-corrected chi connectivity index (χ2v) is 16.4. The van der Waals surface area contributed by atoms with E-state index in [1.54, 1.807) is 80.8 Å². The number of pyridine rings is 4. The number of aromatic hydroxyl groups is 2. The Morgan fingerprint density at radius 3 is 1.82 bits per heavy atom. The Labute approximate surface area is 355 Å². The summed E-state index contributed by atoms with van der Waals surface area (Å²) in [6, 6.07) is 13.1. The van der Waals surface area contributed by atoms with Crippen LogP contribution in [-0.2, 0) is 64.7 Å². The first-order valence-electron chi connectivity index (χ1n) is 20.9. The topological polar surface area (TPSA) is 226 Å². The highest BCUT2D eigenvalue weighted by molar-refractivity contribution is 5.92. The van der Waals surface area contributed by atoms with Gasteiger partial charge >= 0.3 is 5.97 Å². The molecule has 0 fully saturated rings. The van der Waals surface area contributed by atoms with Gasteiger partial charge in [-0.1, -0.05) is 27.7 Å². The van der Waals surface area contributed by atoms with E-state index in [0.29, 0.717) is 58.8 Å². The number of benzene rings is 2. The zero-order valence-electron chi connectivity index (χ0n) is 35.4. The highest BCUT2D eigenvalue weighted by Crippen LogP contribution is 2.42. The molecule has 2 atom stereocenters. The van der Waals surface area contributed by atoms with Gasteiger partial charge in [0.2, 0.25) is 0 Å². The molecule has 0 spiro atoms. The van der Waals surface area contributed by atoms with Crippen molar-refractivity contribution in [1.29, 1.82) is 0 Å². The van der Waals surface area contributed by atoms with Gasteiger partial charge in [-0.3, -0.25) is 14.4 Å². The Morgan fingerprint density at radius 1 is 0.806 bits per heavy atom. The van der Waals surface area contributed by atoms with Gasteiger partial charge in [-0.05, 0) is 99.2 Å². The lowest BCUT2D eigenvalue weighted by Gasteiger charge is -2.31. The number of cyclic esters (lactones) is 1. The van der Waals surface area contributed by atoms with Gasteiger partial charge in [0, 0.05) is 44.6 Å². The molecule has 7 heterocycles. The molecule has 322 valence electrons. The first kappa shape index (κ1) is 42.3. The van der Waals surface area contributed by atoms with Crippen LogP contribution in [0, 0.1) is 0 Å². The van der Waals surface area contributed by atoms with Crippen molar-refractivity contribution in [2.24, 2.45) is 0 Å². The van der Waals surface area contributed by atoms with Crippen LogP contribution in [-0.4, -0.2) is 62.6 Å². The van der Waals surface area contributed by atoms with Gasteiger partial charge in [0.15, 0.2) is 11.2 Å². The van der Waals surface area contributed by atoms with Crippen molar-refractivity contribution in [2.75, 3.05) is 0 Å². The number of aliphatic hydroxyl groups excluding tert-OH is 1. The summed E-state index contributed by atoms with van der Waals surface area (Å²) in [5.74, 6) is -1.04. The molecule has 4 aromatic heterocycles. The number of aliphatic hydroxyl groups is 3. The van der Waals surface area contributed by atoms with E-state index in [0.717, 1.165) is 38.5 Å². The Kier molecular flexibility index (Phi) is 10.6. The average Bonchev–Trinajstić information content (AvgIpc) is 3.81. The number of ether oxygens (including phenoxy) is 1. The molecule has 0 aliphatic carbocycles. The standard InChI is InChI=1S/C25H29N3O5.C22H20N2O5/c1-5-15-16-9-14(30)7-8-20(16)27-22-17(15)11-28-21(22)10-19(18(12-29)23(28)31)25(33,6-2)24(32)26-13(3)4;1-3-12-13-7-11(25)5-6-17(13)23-19-14(12)9-24-18(19)8-16-15(20(24)26)10-29-21(27)22(16,28)4-2/h7-10,13,29-30,33H,5-6,11-12H2,1-4H3,(H,26,32);5-8,25,28H,3-4,9-10H2,1-2H3/t25-;22-/m00/s1. The van der Waals surface area contributed by atoms with Crippen LogP contribution >= 0.6 is 0 Å². The van der Waals surface area contributed by atoms with Crippen LogP contribution in [0.3, 0.4) is 0 Å². The summed E-state index contributed by atoms with van der Waals surface area (Å²) < 4.78 is 8.26. The minimum atomic E-state index is -1.98. The highest BCUT2D eigenvalue weighted by Gasteiger charge is 2.46. The number of phenols is 2. The lowest BCUT2D eigenvalue weighted by molar-refractivity contribution is -0.172. The zero-order chi connectivity index (χ0) is 44.6. The maximum absolute atomic E-state index is 13.4. The highest BCUT2D eigenvalue weighted by atomic mass is 16.6. The molecule has 2 aromatic carbocycles. The Morgan fingerprint density at radius 2 is 1.34 bits per heavy atom. The minimum absolute atomic E-state index is 0.00457. The van der Waals surface area contributed by atoms with Crippen molar-refractivity contribution in [3.8, 4) is 34.3 Å². The monoisotopic (exact) mass is 843 g/mol. The second-order valence-electron chi connectivity index (χ2n) is 16.4. The smallest absolute Gasteiger partial charge is 0.343 e. The summed E-state index contributed by atoms with van der Waals surface area (Å²) in [7, 11) is 0. The van der Waals surface area contributed by atoms with Crippen LogP contribution in [0.2, 0.25) is 0 Å². The molecule has 1 amide bonds. The molecule has 9 rings (SSSR count). The molecule has 0 unspecified atom stereocenters. The molecule has 0 radical (unpaired) electrons. The number of phenolic OH excluding ortho intramolecular Hbond substituents is 2. The van der Waals surface area contributed by atoms with E-state index >= 15 is 0 Å². The Hall–Kier alpha value is -6.42. The molecule has 0 saturated heterocycles. The molecule has 62 heavy (non-hydrogen) atoms. The van der Waals surface area contributed by atoms with E-state index in [1.165, 1.54) is 4.57 Å². The fraction of sp³-hybridized carbons (Fsp3) is 0.362. The number of carbonyl (C=O) groups excluding carboxylic acids is 2. The van der Waals surface area contributed by atoms with Crippen LogP contribution in [0.4, 0.5) is 0 Å². The van der Waals surface area contributed by atoms with Crippen molar-refractivity contribution in [3.63, 3.8) is 0 Å². The van der Waals surface area contributed by atoms with E-state index in [1.807, 2.05) is 13.8 Å². The molecule has 3 aliphatic rings. The van der Waals surface area contributed by atoms with E-state index < -0.39 is 35.2 Å². The zero-order valence-corrected chi connectivity index (χ0v) is 35.4. The van der Waals surface area contributed by atoms with Crippen molar-refractivity contribution < 1.29 is 39.9 Å². The SMILES string of the molecule is CCc1c2c(nc3ccc(O)cc13)-c1cc([C@@](O)(CC)C(=O)NC(C)C)c(CO)c(=O)n1C2.CCc1c2c(nc3ccc(O)cc13)-c1cc3c(c(=O)n1C2)COC(=O)[C@]3(O)CC. The fourth-order valence-electron chi connectivity index (χ4n) is 9.27. The summed E-state index contributed by atoms with van der Waals surface area (Å²) in [5.41, 5.74) is 3.75. The van der Waals surface area contributed by atoms with Gasteiger partial charge in [0.1, 0.15) is 18.1 Å². The van der Waals surface area contributed by atoms with Crippen LogP contribution < -0.4 is 16.4 Å². The number of esters is 1. The van der Waals surface area contributed by atoms with Crippen LogP contribution in [0.5, 0.6) is 11.5 Å². The number of aryl methyl sites for hydroxylation is 2. The summed E-state index contributed by atoms with van der Waals surface area (Å²) in [5, 5.41) is 56.7. The third-order valence-electron chi connectivity index (χ3n) is 12.6. The molecular formula is C47H49N5O10. The molecule has 3 aliphatic heterocycles. The normalized spacial score (nSPS) is 16.8. The first-order valence-corrected chi connectivity index (χ1v) is 20.9. The quantitative estimate of drug-likeness (QED) is 0.115. The van der Waals surface area contributed by atoms with Gasteiger partial charge in [-0.25, -0.2) is 14.8 Å². The molecule has 6 aromatic rings. The van der Waals surface area contributed by atoms with Gasteiger partial charge in [0.25, 0.3) is 17.0 Å². The van der Waals surface area contributed by atoms with E-state index in [9.17, 15) is 44.7 Å². The van der Waals surface area contributed by atoms with Gasteiger partial charge in [-0.15, -0.1) is 0 Å². The number of amides is 1. The van der Waals surface area contributed by atoms with Crippen LogP contribution in [0.25, 0.3) is 44.6 Å². The average molecular weight is 844 g/mol. The number of rotatable bonds is 8. The third kappa shape index (κ3) is 6.36. The first-order chi connectivity index (χ1) is 29.5.